The monoisotopic (exact) mass is 653 g/mol. The second-order valence-electron chi connectivity index (χ2n) is 12.3. The molecule has 6 heteroatoms. The molecule has 0 aliphatic rings. The molecule has 238 valence electrons. The molecule has 0 unspecified atom stereocenters. The van der Waals surface area contributed by atoms with Crippen LogP contribution in [0.25, 0.3) is 89.5 Å². The Kier molecular flexibility index (Phi) is 7.42. The lowest BCUT2D eigenvalue weighted by Gasteiger charge is -2.09. The van der Waals surface area contributed by atoms with E-state index in [1.165, 1.54) is 0 Å². The average molecular weight is 654 g/mol. The molecule has 0 fully saturated rings. The molecule has 3 heterocycles. The largest absolute Gasteiger partial charge is 0.454 e. The maximum absolute atomic E-state index is 9.17. The number of nitriles is 1. The van der Waals surface area contributed by atoms with E-state index in [9.17, 15) is 5.26 Å². The molecule has 0 amide bonds. The van der Waals surface area contributed by atoms with Gasteiger partial charge in [0.25, 0.3) is 0 Å². The highest BCUT2D eigenvalue weighted by Crippen LogP contribution is 2.38. The van der Waals surface area contributed by atoms with Gasteiger partial charge in [0.15, 0.2) is 23.1 Å². The standard InChI is InChI=1S/C45H27N5O/c46-26-29-14-16-31(17-15-29)32-18-20-34(21-19-32)44-48-43(33-10-5-2-6-11-33)49-45(50-44)37-22-23-38-40(25-37)51-41-28-47-27-39(42(38)41)36-13-7-12-35(24-36)30-8-3-1-4-9-30/h1-25,27-28H. The Balaban J connectivity index is 1.13. The highest BCUT2D eigenvalue weighted by molar-refractivity contribution is 6.12. The number of pyridine rings is 1. The number of rotatable bonds is 6. The van der Waals surface area contributed by atoms with Crippen molar-refractivity contribution in [3.05, 3.63) is 170 Å². The van der Waals surface area contributed by atoms with Crippen LogP contribution in [0.5, 0.6) is 0 Å². The SMILES string of the molecule is N#Cc1ccc(-c2ccc(-c3nc(-c4ccccc4)nc(-c4ccc5c(c4)oc4cncc(-c6cccc(-c7ccccc7)c6)c45)n3)cc2)cc1. The first-order valence-corrected chi connectivity index (χ1v) is 16.6. The van der Waals surface area contributed by atoms with E-state index < -0.39 is 0 Å². The van der Waals surface area contributed by atoms with Crippen LogP contribution in [0.2, 0.25) is 0 Å². The van der Waals surface area contributed by atoms with E-state index >= 15 is 0 Å². The van der Waals surface area contributed by atoms with E-state index in [0.717, 1.165) is 66.4 Å². The molecule has 0 saturated carbocycles. The van der Waals surface area contributed by atoms with Crippen molar-refractivity contribution in [2.45, 2.75) is 0 Å². The first-order valence-electron chi connectivity index (χ1n) is 16.6. The van der Waals surface area contributed by atoms with Gasteiger partial charge in [-0.15, -0.1) is 0 Å². The van der Waals surface area contributed by atoms with Crippen LogP contribution >= 0.6 is 0 Å². The fraction of sp³-hybridized carbons (Fsp3) is 0. The number of hydrogen-bond donors (Lipinski definition) is 0. The van der Waals surface area contributed by atoms with Crippen molar-refractivity contribution in [2.75, 3.05) is 0 Å². The Labute approximate surface area is 294 Å². The third-order valence-electron chi connectivity index (χ3n) is 9.08. The van der Waals surface area contributed by atoms with Gasteiger partial charge < -0.3 is 4.42 Å². The van der Waals surface area contributed by atoms with Gasteiger partial charge in [0, 0.05) is 39.2 Å². The quantitative estimate of drug-likeness (QED) is 0.177. The van der Waals surface area contributed by atoms with Gasteiger partial charge in [-0.25, -0.2) is 15.0 Å². The fourth-order valence-electron chi connectivity index (χ4n) is 6.48. The maximum Gasteiger partial charge on any atom is 0.164 e. The lowest BCUT2D eigenvalue weighted by atomic mass is 9.97. The smallest absolute Gasteiger partial charge is 0.164 e. The van der Waals surface area contributed by atoms with Gasteiger partial charge in [0.05, 0.1) is 17.8 Å². The molecule has 0 saturated heterocycles. The lowest BCUT2D eigenvalue weighted by molar-refractivity contribution is 0.667. The molecule has 51 heavy (non-hydrogen) atoms. The summed E-state index contributed by atoms with van der Waals surface area (Å²) < 4.78 is 6.44. The minimum absolute atomic E-state index is 0.547. The van der Waals surface area contributed by atoms with Crippen molar-refractivity contribution in [1.29, 1.82) is 5.26 Å². The van der Waals surface area contributed by atoms with E-state index in [-0.39, 0.29) is 0 Å². The van der Waals surface area contributed by atoms with Crippen LogP contribution in [0.15, 0.2) is 168 Å². The molecule has 0 aliphatic heterocycles. The molecular formula is C45H27N5O. The van der Waals surface area contributed by atoms with E-state index in [4.69, 9.17) is 19.4 Å². The minimum Gasteiger partial charge on any atom is -0.454 e. The second kappa shape index (κ2) is 12.7. The predicted octanol–water partition coefficient (Wildman–Crippen LogP) is 11.0. The molecule has 6 aromatic carbocycles. The maximum atomic E-state index is 9.17. The van der Waals surface area contributed by atoms with Crippen LogP contribution in [-0.2, 0) is 0 Å². The Morgan fingerprint density at radius 2 is 0.961 bits per heavy atom. The first-order chi connectivity index (χ1) is 25.2. The summed E-state index contributed by atoms with van der Waals surface area (Å²) >= 11 is 0. The molecule has 0 spiro atoms. The Hall–Kier alpha value is -7.23. The third kappa shape index (κ3) is 5.69. The molecule has 0 radical (unpaired) electrons. The van der Waals surface area contributed by atoms with Crippen molar-refractivity contribution in [1.82, 2.24) is 19.9 Å². The Morgan fingerprint density at radius 3 is 1.65 bits per heavy atom. The van der Waals surface area contributed by atoms with E-state index in [1.54, 1.807) is 6.20 Å². The summed E-state index contributed by atoms with van der Waals surface area (Å²) in [6, 6.07) is 52.8. The topological polar surface area (TPSA) is 88.5 Å². The summed E-state index contributed by atoms with van der Waals surface area (Å²) in [7, 11) is 0. The van der Waals surface area contributed by atoms with Crippen LogP contribution in [0.3, 0.4) is 0 Å². The first kappa shape index (κ1) is 29.9. The number of nitrogens with zero attached hydrogens (tertiary/aromatic N) is 5. The van der Waals surface area contributed by atoms with Crippen LogP contribution in [0.4, 0.5) is 0 Å². The van der Waals surface area contributed by atoms with E-state index in [0.29, 0.717) is 28.6 Å². The molecule has 9 rings (SSSR count). The van der Waals surface area contributed by atoms with Gasteiger partial charge in [-0.2, -0.15) is 5.26 Å². The normalized spacial score (nSPS) is 11.1. The number of aromatic nitrogens is 4. The molecule has 3 aromatic heterocycles. The highest BCUT2D eigenvalue weighted by atomic mass is 16.3. The predicted molar refractivity (Wildman–Crippen MR) is 202 cm³/mol. The molecule has 6 nitrogen and oxygen atoms in total. The zero-order chi connectivity index (χ0) is 34.1. The van der Waals surface area contributed by atoms with Crippen LogP contribution in [-0.4, -0.2) is 19.9 Å². The summed E-state index contributed by atoms with van der Waals surface area (Å²) in [6.07, 6.45) is 3.68. The highest BCUT2D eigenvalue weighted by Gasteiger charge is 2.17. The van der Waals surface area contributed by atoms with Crippen LogP contribution < -0.4 is 0 Å². The fourth-order valence-corrected chi connectivity index (χ4v) is 6.48. The van der Waals surface area contributed by atoms with Gasteiger partial charge in [0.2, 0.25) is 0 Å². The van der Waals surface area contributed by atoms with Gasteiger partial charge in [-0.3, -0.25) is 4.98 Å². The zero-order valence-corrected chi connectivity index (χ0v) is 27.2. The van der Waals surface area contributed by atoms with Crippen molar-refractivity contribution in [2.24, 2.45) is 0 Å². The molecule has 9 aromatic rings. The van der Waals surface area contributed by atoms with Gasteiger partial charge in [-0.1, -0.05) is 121 Å². The summed E-state index contributed by atoms with van der Waals surface area (Å²) in [5.41, 5.74) is 11.1. The van der Waals surface area contributed by atoms with Crippen molar-refractivity contribution in [3.8, 4) is 73.6 Å². The number of fused-ring (bicyclic) bond motifs is 3. The zero-order valence-electron chi connectivity index (χ0n) is 27.2. The molecule has 0 aliphatic carbocycles. The van der Waals surface area contributed by atoms with E-state index in [1.807, 2.05) is 103 Å². The van der Waals surface area contributed by atoms with Gasteiger partial charge in [-0.05, 0) is 58.1 Å². The van der Waals surface area contributed by atoms with E-state index in [2.05, 4.69) is 65.7 Å². The molecule has 0 bridgehead atoms. The second-order valence-corrected chi connectivity index (χ2v) is 12.3. The van der Waals surface area contributed by atoms with Crippen molar-refractivity contribution < 1.29 is 4.42 Å². The summed E-state index contributed by atoms with van der Waals surface area (Å²) in [5, 5.41) is 11.2. The minimum atomic E-state index is 0.547. The number of benzene rings is 6. The van der Waals surface area contributed by atoms with Crippen molar-refractivity contribution in [3.63, 3.8) is 0 Å². The summed E-state index contributed by atoms with van der Waals surface area (Å²) in [6.45, 7) is 0. The molecule has 0 N–H and O–H groups in total. The number of furan rings is 1. The summed E-state index contributed by atoms with van der Waals surface area (Å²) in [4.78, 5) is 19.4. The van der Waals surface area contributed by atoms with Gasteiger partial charge >= 0.3 is 0 Å². The molecule has 0 atom stereocenters. The average Bonchev–Trinajstić information content (AvgIpc) is 3.60. The third-order valence-corrected chi connectivity index (χ3v) is 9.08. The molecular weight excluding hydrogens is 627 g/mol. The Bertz CT molecular complexity index is 2730. The number of hydrogen-bond acceptors (Lipinski definition) is 6. The summed E-state index contributed by atoms with van der Waals surface area (Å²) in [5.74, 6) is 1.70. The Morgan fingerprint density at radius 1 is 0.431 bits per heavy atom. The lowest BCUT2D eigenvalue weighted by Crippen LogP contribution is -2.00. The van der Waals surface area contributed by atoms with Crippen LogP contribution in [0.1, 0.15) is 5.56 Å². The van der Waals surface area contributed by atoms with Crippen LogP contribution in [0, 0.1) is 11.3 Å². The van der Waals surface area contributed by atoms with Crippen molar-refractivity contribution >= 4 is 21.9 Å². The van der Waals surface area contributed by atoms with Gasteiger partial charge in [0.1, 0.15) is 5.58 Å².